The monoisotopic (exact) mass is 310 g/mol. The smallest absolute Gasteiger partial charge is 0.249 e. The zero-order valence-electron chi connectivity index (χ0n) is 10.7. The number of pyridine rings is 1. The van der Waals surface area contributed by atoms with Crippen LogP contribution in [-0.2, 0) is 16.6 Å². The van der Waals surface area contributed by atoms with E-state index < -0.39 is 15.5 Å². The van der Waals surface area contributed by atoms with Crippen molar-refractivity contribution in [2.24, 2.45) is 0 Å². The number of hydrogen-bond acceptors (Lipinski definition) is 4. The predicted octanol–water partition coefficient (Wildman–Crippen LogP) is 1.79. The van der Waals surface area contributed by atoms with Crippen molar-refractivity contribution >= 4 is 21.4 Å². The van der Waals surface area contributed by atoms with E-state index in [4.69, 9.17) is 0 Å². The third-order valence-corrected chi connectivity index (χ3v) is 6.00. The van der Waals surface area contributed by atoms with Crippen molar-refractivity contribution in [1.82, 2.24) is 9.29 Å². The number of hydrogen-bond donors (Lipinski definition) is 1. The maximum absolute atomic E-state index is 12.7. The van der Waals surface area contributed by atoms with Gasteiger partial charge in [0, 0.05) is 35.9 Å². The summed E-state index contributed by atoms with van der Waals surface area (Å²) in [6.07, 6.45) is 4.41. The summed E-state index contributed by atoms with van der Waals surface area (Å²) in [5.41, 5.74) is -0.472. The lowest BCUT2D eigenvalue weighted by Crippen LogP contribution is -2.35. The number of aromatic nitrogens is 1. The van der Waals surface area contributed by atoms with Crippen molar-refractivity contribution in [2.45, 2.75) is 30.3 Å². The normalized spacial score (nSPS) is 15.7. The quantitative estimate of drug-likeness (QED) is 0.915. The van der Waals surface area contributed by atoms with Crippen LogP contribution < -0.4 is 5.43 Å². The molecule has 2 aromatic rings. The average molecular weight is 310 g/mol. The van der Waals surface area contributed by atoms with E-state index in [1.165, 1.54) is 34.1 Å². The van der Waals surface area contributed by atoms with E-state index in [-0.39, 0.29) is 10.9 Å². The number of H-pyrrole nitrogens is 1. The highest BCUT2D eigenvalue weighted by molar-refractivity contribution is 7.89. The first kappa shape index (κ1) is 13.5. The minimum atomic E-state index is -3.75. The fourth-order valence-electron chi connectivity index (χ4n) is 2.06. The molecule has 1 N–H and O–H groups in total. The molecule has 1 saturated carbocycles. The summed E-state index contributed by atoms with van der Waals surface area (Å²) in [5, 5.41) is 1.92. The number of sulfonamides is 1. The Hall–Kier alpha value is -1.44. The molecular weight excluding hydrogens is 296 g/mol. The average Bonchev–Trinajstić information content (AvgIpc) is 3.12. The van der Waals surface area contributed by atoms with Crippen molar-refractivity contribution in [3.8, 4) is 0 Å². The van der Waals surface area contributed by atoms with Crippen molar-refractivity contribution in [3.05, 3.63) is 51.1 Å². The summed E-state index contributed by atoms with van der Waals surface area (Å²) in [6.45, 7) is 0.332. The first-order valence-electron chi connectivity index (χ1n) is 6.30. The largest absolute Gasteiger partial charge is 0.366 e. The molecule has 0 amide bonds. The number of rotatable bonds is 5. The van der Waals surface area contributed by atoms with Crippen LogP contribution in [0, 0.1) is 0 Å². The van der Waals surface area contributed by atoms with E-state index in [1.54, 1.807) is 0 Å². The van der Waals surface area contributed by atoms with Crippen LogP contribution in [0.5, 0.6) is 0 Å². The van der Waals surface area contributed by atoms with Crippen molar-refractivity contribution in [3.63, 3.8) is 0 Å². The van der Waals surface area contributed by atoms with Crippen LogP contribution in [0.15, 0.2) is 45.7 Å². The van der Waals surface area contributed by atoms with Crippen LogP contribution in [0.4, 0.5) is 0 Å². The molecule has 0 bridgehead atoms. The van der Waals surface area contributed by atoms with Gasteiger partial charge in [0.25, 0.3) is 0 Å². The van der Waals surface area contributed by atoms with Crippen LogP contribution in [-0.4, -0.2) is 23.7 Å². The highest BCUT2D eigenvalue weighted by Gasteiger charge is 2.39. The Morgan fingerprint density at radius 3 is 2.75 bits per heavy atom. The van der Waals surface area contributed by atoms with Gasteiger partial charge >= 0.3 is 0 Å². The second kappa shape index (κ2) is 5.16. The summed E-state index contributed by atoms with van der Waals surface area (Å²) in [6, 6.07) is 5.06. The highest BCUT2D eigenvalue weighted by atomic mass is 32.2. The second-order valence-electron chi connectivity index (χ2n) is 4.73. The van der Waals surface area contributed by atoms with E-state index in [0.29, 0.717) is 6.54 Å². The van der Waals surface area contributed by atoms with Gasteiger partial charge in [0.05, 0.1) is 0 Å². The summed E-state index contributed by atoms with van der Waals surface area (Å²) in [5.74, 6) is 0. The maximum atomic E-state index is 12.7. The van der Waals surface area contributed by atoms with Crippen LogP contribution in [0.3, 0.4) is 0 Å². The summed E-state index contributed by atoms with van der Waals surface area (Å²) in [4.78, 5) is 15.3. The van der Waals surface area contributed by atoms with E-state index in [9.17, 15) is 13.2 Å². The molecule has 5 nitrogen and oxygen atoms in total. The molecule has 106 valence electrons. The molecule has 0 aliphatic heterocycles. The van der Waals surface area contributed by atoms with E-state index in [1.807, 2.05) is 17.5 Å². The third kappa shape index (κ3) is 2.56. The molecular formula is C13H14N2O3S2. The zero-order chi connectivity index (χ0) is 14.2. The molecule has 1 fully saturated rings. The Morgan fingerprint density at radius 2 is 2.15 bits per heavy atom. The topological polar surface area (TPSA) is 70.2 Å². The molecule has 1 aliphatic rings. The summed E-state index contributed by atoms with van der Waals surface area (Å²) in [7, 11) is -3.75. The molecule has 2 aromatic heterocycles. The SMILES string of the molecule is O=c1cc[nH]cc1S(=O)(=O)N(Cc1cccs1)C1CC1. The van der Waals surface area contributed by atoms with E-state index >= 15 is 0 Å². The highest BCUT2D eigenvalue weighted by Crippen LogP contribution is 2.33. The molecule has 0 radical (unpaired) electrons. The van der Waals surface area contributed by atoms with Gasteiger partial charge in [0.15, 0.2) is 0 Å². The van der Waals surface area contributed by atoms with Crippen molar-refractivity contribution in [1.29, 1.82) is 0 Å². The van der Waals surface area contributed by atoms with Crippen molar-refractivity contribution in [2.75, 3.05) is 0 Å². The minimum absolute atomic E-state index is 0.0155. The second-order valence-corrected chi connectivity index (χ2v) is 7.62. The minimum Gasteiger partial charge on any atom is -0.366 e. The lowest BCUT2D eigenvalue weighted by molar-refractivity contribution is 0.401. The number of thiophene rings is 1. The molecule has 0 atom stereocenters. The Kier molecular flexibility index (Phi) is 3.49. The van der Waals surface area contributed by atoms with Gasteiger partial charge in [-0.1, -0.05) is 6.07 Å². The zero-order valence-corrected chi connectivity index (χ0v) is 12.3. The standard InChI is InChI=1S/C13H14N2O3S2/c16-12-5-6-14-8-13(12)20(17,18)15(10-3-4-10)9-11-2-1-7-19-11/h1-2,5-8,10H,3-4,9H2,(H,14,16). The Balaban J connectivity index is 1.98. The first-order chi connectivity index (χ1) is 9.59. The molecule has 20 heavy (non-hydrogen) atoms. The fraction of sp³-hybridized carbons (Fsp3) is 0.308. The first-order valence-corrected chi connectivity index (χ1v) is 8.62. The van der Waals surface area contributed by atoms with Gasteiger partial charge in [-0.3, -0.25) is 4.79 Å². The van der Waals surface area contributed by atoms with E-state index in [2.05, 4.69) is 4.98 Å². The Morgan fingerprint density at radius 1 is 1.35 bits per heavy atom. The van der Waals surface area contributed by atoms with Crippen LogP contribution in [0.1, 0.15) is 17.7 Å². The van der Waals surface area contributed by atoms with Gasteiger partial charge in [0.1, 0.15) is 4.90 Å². The maximum Gasteiger partial charge on any atom is 0.249 e. The lowest BCUT2D eigenvalue weighted by Gasteiger charge is -2.20. The predicted molar refractivity (Wildman–Crippen MR) is 77.1 cm³/mol. The van der Waals surface area contributed by atoms with Gasteiger partial charge in [-0.15, -0.1) is 11.3 Å². The summed E-state index contributed by atoms with van der Waals surface area (Å²) < 4.78 is 26.8. The molecule has 2 heterocycles. The Bertz CT molecular complexity index is 746. The lowest BCUT2D eigenvalue weighted by atomic mass is 10.4. The van der Waals surface area contributed by atoms with E-state index in [0.717, 1.165) is 17.7 Å². The van der Waals surface area contributed by atoms with Crippen LogP contribution in [0.25, 0.3) is 0 Å². The Labute approximate surface area is 120 Å². The molecule has 0 aromatic carbocycles. The fourth-order valence-corrected chi connectivity index (χ4v) is 4.55. The molecule has 0 saturated heterocycles. The van der Waals surface area contributed by atoms with Gasteiger partial charge in [-0.2, -0.15) is 4.31 Å². The van der Waals surface area contributed by atoms with Gasteiger partial charge in [0.2, 0.25) is 15.5 Å². The van der Waals surface area contributed by atoms with Gasteiger partial charge < -0.3 is 4.98 Å². The van der Waals surface area contributed by atoms with Gasteiger partial charge in [-0.25, -0.2) is 8.42 Å². The van der Waals surface area contributed by atoms with Gasteiger partial charge in [-0.05, 0) is 24.3 Å². The molecule has 3 rings (SSSR count). The van der Waals surface area contributed by atoms with Crippen LogP contribution >= 0.6 is 11.3 Å². The molecule has 0 unspecified atom stereocenters. The summed E-state index contributed by atoms with van der Waals surface area (Å²) >= 11 is 1.52. The molecule has 0 spiro atoms. The number of aromatic amines is 1. The third-order valence-electron chi connectivity index (χ3n) is 3.22. The molecule has 7 heteroatoms. The molecule has 1 aliphatic carbocycles. The van der Waals surface area contributed by atoms with Crippen LogP contribution in [0.2, 0.25) is 0 Å². The number of nitrogens with zero attached hydrogens (tertiary/aromatic N) is 1. The van der Waals surface area contributed by atoms with Crippen molar-refractivity contribution < 1.29 is 8.42 Å². The number of nitrogens with one attached hydrogen (secondary N) is 1.